The number of aliphatic imine (C=N–C) groups is 1. The van der Waals surface area contributed by atoms with Gasteiger partial charge < -0.3 is 0 Å². The quantitative estimate of drug-likeness (QED) is 0.682. The van der Waals surface area contributed by atoms with Crippen molar-refractivity contribution in [3.63, 3.8) is 0 Å². The van der Waals surface area contributed by atoms with E-state index in [-0.39, 0.29) is 4.90 Å². The third-order valence-corrected chi connectivity index (χ3v) is 3.13. The van der Waals surface area contributed by atoms with Crippen molar-refractivity contribution in [2.75, 3.05) is 0 Å². The van der Waals surface area contributed by atoms with Crippen molar-refractivity contribution in [1.82, 2.24) is 0 Å². The number of rotatable bonds is 3. The van der Waals surface area contributed by atoms with Crippen LogP contribution in [0.25, 0.3) is 0 Å². The molecule has 1 N–H and O–H groups in total. The molecule has 0 amide bonds. The van der Waals surface area contributed by atoms with Gasteiger partial charge in [-0.15, -0.1) is 0 Å². The first kappa shape index (κ1) is 12.5. The Morgan fingerprint density at radius 2 is 1.72 bits per heavy atom. The van der Waals surface area contributed by atoms with Gasteiger partial charge in [0.05, 0.1) is 10.6 Å². The summed E-state index contributed by atoms with van der Waals surface area (Å²) in [7, 11) is -4.18. The fourth-order valence-electron chi connectivity index (χ4n) is 1.41. The van der Waals surface area contributed by atoms with Crippen LogP contribution in [0.15, 0.2) is 64.5 Å². The van der Waals surface area contributed by atoms with E-state index >= 15 is 0 Å². The Morgan fingerprint density at radius 3 is 2.39 bits per heavy atom. The minimum Gasteiger partial charge on any atom is -0.282 e. The SMILES string of the molecule is O=S(=O)(O)c1cccc(N=Cc2ccccc2)c1. The van der Waals surface area contributed by atoms with Crippen molar-refractivity contribution in [1.29, 1.82) is 0 Å². The largest absolute Gasteiger partial charge is 0.294 e. The van der Waals surface area contributed by atoms with Crippen molar-refractivity contribution in [2.45, 2.75) is 4.90 Å². The molecule has 0 unspecified atom stereocenters. The molecule has 0 bridgehead atoms. The van der Waals surface area contributed by atoms with Gasteiger partial charge in [0.15, 0.2) is 0 Å². The van der Waals surface area contributed by atoms with Gasteiger partial charge in [0.1, 0.15) is 0 Å². The van der Waals surface area contributed by atoms with Crippen LogP contribution in [0.3, 0.4) is 0 Å². The molecular weight excluding hydrogens is 250 g/mol. The number of hydrogen-bond acceptors (Lipinski definition) is 3. The first-order valence-electron chi connectivity index (χ1n) is 5.22. The van der Waals surface area contributed by atoms with E-state index in [9.17, 15) is 8.42 Å². The molecule has 0 saturated carbocycles. The summed E-state index contributed by atoms with van der Waals surface area (Å²) in [4.78, 5) is 3.99. The lowest BCUT2D eigenvalue weighted by Gasteiger charge is -1.98. The zero-order valence-corrected chi connectivity index (χ0v) is 10.2. The maximum Gasteiger partial charge on any atom is 0.294 e. The highest BCUT2D eigenvalue weighted by Gasteiger charge is 2.08. The van der Waals surface area contributed by atoms with Gasteiger partial charge in [-0.2, -0.15) is 8.42 Å². The summed E-state index contributed by atoms with van der Waals surface area (Å²) in [6.45, 7) is 0. The van der Waals surface area contributed by atoms with Crippen molar-refractivity contribution < 1.29 is 13.0 Å². The number of hydrogen-bond donors (Lipinski definition) is 1. The van der Waals surface area contributed by atoms with Gasteiger partial charge in [0.25, 0.3) is 10.1 Å². The highest BCUT2D eigenvalue weighted by atomic mass is 32.2. The molecule has 2 aromatic carbocycles. The van der Waals surface area contributed by atoms with Crippen molar-refractivity contribution in [3.8, 4) is 0 Å². The Morgan fingerprint density at radius 1 is 1.00 bits per heavy atom. The van der Waals surface area contributed by atoms with Crippen LogP contribution < -0.4 is 0 Å². The summed E-state index contributed by atoms with van der Waals surface area (Å²) in [6.07, 6.45) is 1.63. The van der Waals surface area contributed by atoms with Crippen LogP contribution in [-0.4, -0.2) is 19.2 Å². The minimum absolute atomic E-state index is 0.162. The van der Waals surface area contributed by atoms with Gasteiger partial charge in [-0.3, -0.25) is 9.55 Å². The molecule has 2 aromatic rings. The molecule has 92 valence electrons. The van der Waals surface area contributed by atoms with Gasteiger partial charge in [-0.1, -0.05) is 36.4 Å². The van der Waals surface area contributed by atoms with E-state index in [1.165, 1.54) is 18.2 Å². The molecule has 0 spiro atoms. The van der Waals surface area contributed by atoms with Crippen LogP contribution in [0.5, 0.6) is 0 Å². The lowest BCUT2D eigenvalue weighted by Crippen LogP contribution is -1.96. The molecule has 4 nitrogen and oxygen atoms in total. The Hall–Kier alpha value is -1.98. The molecule has 5 heteroatoms. The third kappa shape index (κ3) is 3.26. The number of nitrogens with zero attached hydrogens (tertiary/aromatic N) is 1. The summed E-state index contributed by atoms with van der Waals surface area (Å²) < 4.78 is 30.8. The minimum atomic E-state index is -4.18. The highest BCUT2D eigenvalue weighted by molar-refractivity contribution is 7.85. The van der Waals surface area contributed by atoms with E-state index in [4.69, 9.17) is 4.55 Å². The van der Waals surface area contributed by atoms with Crippen LogP contribution in [0.2, 0.25) is 0 Å². The van der Waals surface area contributed by atoms with Crippen LogP contribution in [0.4, 0.5) is 5.69 Å². The van der Waals surface area contributed by atoms with Crippen molar-refractivity contribution in [3.05, 3.63) is 60.2 Å². The maximum absolute atomic E-state index is 11.0. The Bertz CT molecular complexity index is 664. The molecule has 0 aromatic heterocycles. The molecule has 0 fully saturated rings. The fourth-order valence-corrected chi connectivity index (χ4v) is 1.93. The Balaban J connectivity index is 2.28. The summed E-state index contributed by atoms with van der Waals surface area (Å²) >= 11 is 0. The number of benzene rings is 2. The van der Waals surface area contributed by atoms with Gasteiger partial charge >= 0.3 is 0 Å². The van der Waals surface area contributed by atoms with E-state index < -0.39 is 10.1 Å². The van der Waals surface area contributed by atoms with Crippen LogP contribution in [0, 0.1) is 0 Å². The van der Waals surface area contributed by atoms with E-state index in [1.54, 1.807) is 12.3 Å². The second kappa shape index (κ2) is 5.12. The fraction of sp³-hybridized carbons (Fsp3) is 0. The maximum atomic E-state index is 11.0. The van der Waals surface area contributed by atoms with Gasteiger partial charge in [0, 0.05) is 6.21 Å². The average Bonchev–Trinajstić information content (AvgIpc) is 2.37. The van der Waals surface area contributed by atoms with Gasteiger partial charge in [-0.25, -0.2) is 0 Å². The normalized spacial score (nSPS) is 11.8. The second-order valence-electron chi connectivity index (χ2n) is 3.64. The Labute approximate surface area is 105 Å². The summed E-state index contributed by atoms with van der Waals surface area (Å²) in [5.74, 6) is 0. The molecule has 0 radical (unpaired) electrons. The Kier molecular flexibility index (Phi) is 3.55. The highest BCUT2D eigenvalue weighted by Crippen LogP contribution is 2.17. The first-order chi connectivity index (χ1) is 8.55. The molecule has 0 aliphatic heterocycles. The van der Waals surface area contributed by atoms with Crippen LogP contribution in [0.1, 0.15) is 5.56 Å². The zero-order valence-electron chi connectivity index (χ0n) is 9.39. The molecule has 0 heterocycles. The van der Waals surface area contributed by atoms with Crippen LogP contribution >= 0.6 is 0 Å². The van der Waals surface area contributed by atoms with Gasteiger partial charge in [-0.05, 0) is 23.8 Å². The van der Waals surface area contributed by atoms with Crippen LogP contribution in [-0.2, 0) is 10.1 Å². The van der Waals surface area contributed by atoms with Crippen molar-refractivity contribution >= 4 is 22.0 Å². The lowest BCUT2D eigenvalue weighted by molar-refractivity contribution is 0.483. The average molecular weight is 261 g/mol. The summed E-state index contributed by atoms with van der Waals surface area (Å²) in [6, 6.07) is 15.3. The van der Waals surface area contributed by atoms with Gasteiger partial charge in [0.2, 0.25) is 0 Å². The molecule has 18 heavy (non-hydrogen) atoms. The standard InChI is InChI=1S/C13H11NO3S/c15-18(16,17)13-8-4-7-12(9-13)14-10-11-5-2-1-3-6-11/h1-10H,(H,15,16,17). The first-order valence-corrected chi connectivity index (χ1v) is 6.66. The zero-order chi connectivity index (χ0) is 13.0. The second-order valence-corrected chi connectivity index (χ2v) is 5.06. The van der Waals surface area contributed by atoms with E-state index in [0.29, 0.717) is 5.69 Å². The monoisotopic (exact) mass is 261 g/mol. The van der Waals surface area contributed by atoms with E-state index in [0.717, 1.165) is 5.56 Å². The molecule has 0 saturated heterocycles. The molecule has 0 aliphatic rings. The third-order valence-electron chi connectivity index (χ3n) is 2.28. The van der Waals surface area contributed by atoms with Crippen molar-refractivity contribution in [2.24, 2.45) is 4.99 Å². The predicted octanol–water partition coefficient (Wildman–Crippen LogP) is 2.68. The van der Waals surface area contributed by atoms with E-state index in [2.05, 4.69) is 4.99 Å². The van der Waals surface area contributed by atoms with E-state index in [1.807, 2.05) is 30.3 Å². The summed E-state index contributed by atoms with van der Waals surface area (Å²) in [5.41, 5.74) is 1.38. The lowest BCUT2D eigenvalue weighted by atomic mass is 10.2. The predicted molar refractivity (Wildman–Crippen MR) is 70.0 cm³/mol. The molecular formula is C13H11NO3S. The smallest absolute Gasteiger partial charge is 0.282 e. The summed E-state index contributed by atoms with van der Waals surface area (Å²) in [5, 5.41) is 0. The molecule has 2 rings (SSSR count). The molecule has 0 atom stereocenters. The molecule has 0 aliphatic carbocycles. The topological polar surface area (TPSA) is 66.7 Å².